The highest BCUT2D eigenvalue weighted by atomic mass is 32.2. The molecular formula is C21H26N4O3S. The van der Waals surface area contributed by atoms with Crippen molar-refractivity contribution in [2.45, 2.75) is 18.9 Å². The molecule has 2 aliphatic heterocycles. The number of nitrogens with zero attached hydrogens (tertiary/aromatic N) is 3. The van der Waals surface area contributed by atoms with Gasteiger partial charge in [0.1, 0.15) is 5.82 Å². The maximum Gasteiger partial charge on any atom is 0.255 e. The molecule has 7 nitrogen and oxygen atoms in total. The van der Waals surface area contributed by atoms with Crippen molar-refractivity contribution >= 4 is 27.2 Å². The van der Waals surface area contributed by atoms with E-state index in [1.54, 1.807) is 17.2 Å². The van der Waals surface area contributed by atoms with Crippen LogP contribution in [0.25, 0.3) is 0 Å². The molecule has 4 rings (SSSR count). The summed E-state index contributed by atoms with van der Waals surface area (Å²) in [6, 6.07) is 14.3. The maximum atomic E-state index is 12.6. The summed E-state index contributed by atoms with van der Waals surface area (Å²) in [6.07, 6.45) is 3.76. The second-order valence-corrected chi connectivity index (χ2v) is 9.94. The summed E-state index contributed by atoms with van der Waals surface area (Å²) < 4.78 is 23.1. The summed E-state index contributed by atoms with van der Waals surface area (Å²) in [5.74, 6) is 0.658. The molecule has 2 aromatic rings. The van der Waals surface area contributed by atoms with Crippen LogP contribution in [-0.2, 0) is 9.84 Å². The van der Waals surface area contributed by atoms with Gasteiger partial charge in [-0.1, -0.05) is 18.2 Å². The fourth-order valence-electron chi connectivity index (χ4n) is 3.88. The van der Waals surface area contributed by atoms with Crippen LogP contribution in [0, 0.1) is 0 Å². The zero-order chi connectivity index (χ0) is 20.3. The first-order valence-corrected chi connectivity index (χ1v) is 11.8. The molecule has 1 N–H and O–H groups in total. The number of carbonyl (C=O) groups excluding carboxylic acids is 1. The Labute approximate surface area is 171 Å². The minimum Gasteiger partial charge on any atom is -0.369 e. The van der Waals surface area contributed by atoms with E-state index < -0.39 is 9.84 Å². The molecule has 1 unspecified atom stereocenters. The number of para-hydroxylation sites is 1. The standard InChI is InChI=1S/C21H26N4O3S/c26-21(24-11-13-29(27,28)14-12-24)17-8-9-20(22-15-17)23-18-5-4-10-25(16-18)19-6-2-1-3-7-19/h1-3,6-9,15,18H,4-5,10-14,16H2,(H,22,23). The predicted octanol–water partition coefficient (Wildman–Crippen LogP) is 2.03. The predicted molar refractivity (Wildman–Crippen MR) is 114 cm³/mol. The Balaban J connectivity index is 1.35. The number of rotatable bonds is 4. The first-order valence-electron chi connectivity index (χ1n) is 10.0. The third-order valence-corrected chi connectivity index (χ3v) is 7.15. The van der Waals surface area contributed by atoms with Gasteiger partial charge in [-0.05, 0) is 37.1 Å². The summed E-state index contributed by atoms with van der Waals surface area (Å²) in [6.45, 7) is 2.46. The van der Waals surface area contributed by atoms with Crippen molar-refractivity contribution in [2.24, 2.45) is 0 Å². The smallest absolute Gasteiger partial charge is 0.255 e. The van der Waals surface area contributed by atoms with Crippen LogP contribution in [0.4, 0.5) is 11.5 Å². The molecule has 1 aromatic heterocycles. The third kappa shape index (κ3) is 4.87. The van der Waals surface area contributed by atoms with E-state index in [0.29, 0.717) is 11.6 Å². The van der Waals surface area contributed by atoms with Crippen molar-refractivity contribution in [3.8, 4) is 0 Å². The second kappa shape index (κ2) is 8.41. The Morgan fingerprint density at radius 1 is 1.03 bits per heavy atom. The molecular weight excluding hydrogens is 388 g/mol. The number of sulfone groups is 1. The van der Waals surface area contributed by atoms with Crippen LogP contribution >= 0.6 is 0 Å². The summed E-state index contributed by atoms with van der Waals surface area (Å²) in [5, 5.41) is 3.48. The van der Waals surface area contributed by atoms with Crippen molar-refractivity contribution < 1.29 is 13.2 Å². The van der Waals surface area contributed by atoms with Crippen LogP contribution in [0.2, 0.25) is 0 Å². The van der Waals surface area contributed by atoms with Gasteiger partial charge in [-0.15, -0.1) is 0 Å². The summed E-state index contributed by atoms with van der Waals surface area (Å²) >= 11 is 0. The molecule has 0 bridgehead atoms. The Morgan fingerprint density at radius 2 is 1.79 bits per heavy atom. The van der Waals surface area contributed by atoms with E-state index in [0.717, 1.165) is 31.7 Å². The molecule has 0 aliphatic carbocycles. The molecule has 0 radical (unpaired) electrons. The van der Waals surface area contributed by atoms with Gasteiger partial charge in [0.15, 0.2) is 9.84 Å². The number of anilines is 2. The Morgan fingerprint density at radius 3 is 2.48 bits per heavy atom. The van der Waals surface area contributed by atoms with Gasteiger partial charge in [0.05, 0.1) is 17.1 Å². The molecule has 1 atom stereocenters. The first kappa shape index (κ1) is 19.7. The highest BCUT2D eigenvalue weighted by molar-refractivity contribution is 7.91. The number of amides is 1. The number of hydrogen-bond acceptors (Lipinski definition) is 6. The van der Waals surface area contributed by atoms with Crippen LogP contribution in [0.1, 0.15) is 23.2 Å². The lowest BCUT2D eigenvalue weighted by molar-refractivity contribution is 0.0770. The summed E-state index contributed by atoms with van der Waals surface area (Å²) in [7, 11) is -3.00. The minimum atomic E-state index is -3.00. The lowest BCUT2D eigenvalue weighted by atomic mass is 10.0. The average molecular weight is 415 g/mol. The van der Waals surface area contributed by atoms with Crippen LogP contribution in [0.3, 0.4) is 0 Å². The summed E-state index contributed by atoms with van der Waals surface area (Å²) in [4.78, 5) is 21.0. The average Bonchev–Trinajstić information content (AvgIpc) is 2.75. The number of aromatic nitrogens is 1. The molecule has 29 heavy (non-hydrogen) atoms. The number of hydrogen-bond donors (Lipinski definition) is 1. The second-order valence-electron chi connectivity index (χ2n) is 7.64. The number of pyridine rings is 1. The fourth-order valence-corrected chi connectivity index (χ4v) is 5.08. The van der Waals surface area contributed by atoms with Gasteiger partial charge in [-0.3, -0.25) is 4.79 Å². The van der Waals surface area contributed by atoms with Crippen molar-refractivity contribution in [3.05, 3.63) is 54.2 Å². The third-order valence-electron chi connectivity index (χ3n) is 5.54. The molecule has 2 fully saturated rings. The fraction of sp³-hybridized carbons (Fsp3) is 0.429. The van der Waals surface area contributed by atoms with Crippen LogP contribution in [0.15, 0.2) is 48.7 Å². The Bertz CT molecular complexity index is 934. The van der Waals surface area contributed by atoms with E-state index in [-0.39, 0.29) is 30.5 Å². The maximum absolute atomic E-state index is 12.6. The highest BCUT2D eigenvalue weighted by Gasteiger charge is 2.26. The van der Waals surface area contributed by atoms with E-state index in [1.165, 1.54) is 5.69 Å². The van der Waals surface area contributed by atoms with Gasteiger partial charge >= 0.3 is 0 Å². The SMILES string of the molecule is O=C(c1ccc(NC2CCCN(c3ccccc3)C2)nc1)N1CCS(=O)(=O)CC1. The number of benzene rings is 1. The quantitative estimate of drug-likeness (QED) is 0.824. The van der Waals surface area contributed by atoms with Crippen molar-refractivity contribution in [1.29, 1.82) is 0 Å². The molecule has 0 saturated carbocycles. The van der Waals surface area contributed by atoms with E-state index in [1.807, 2.05) is 12.1 Å². The lowest BCUT2D eigenvalue weighted by Crippen LogP contribution is -2.43. The van der Waals surface area contributed by atoms with Crippen molar-refractivity contribution in [2.75, 3.05) is 47.9 Å². The highest BCUT2D eigenvalue weighted by Crippen LogP contribution is 2.21. The Kier molecular flexibility index (Phi) is 5.71. The van der Waals surface area contributed by atoms with Gasteiger partial charge < -0.3 is 15.1 Å². The van der Waals surface area contributed by atoms with Gasteiger partial charge in [-0.2, -0.15) is 0 Å². The van der Waals surface area contributed by atoms with Gasteiger partial charge in [-0.25, -0.2) is 13.4 Å². The first-order chi connectivity index (χ1) is 14.0. The monoisotopic (exact) mass is 414 g/mol. The van der Waals surface area contributed by atoms with Crippen LogP contribution in [0.5, 0.6) is 0 Å². The molecule has 0 spiro atoms. The molecule has 3 heterocycles. The molecule has 2 saturated heterocycles. The molecule has 8 heteroatoms. The topological polar surface area (TPSA) is 82.6 Å². The zero-order valence-corrected chi connectivity index (χ0v) is 17.1. The lowest BCUT2D eigenvalue weighted by Gasteiger charge is -2.35. The number of nitrogens with one attached hydrogen (secondary N) is 1. The van der Waals surface area contributed by atoms with E-state index in [9.17, 15) is 13.2 Å². The summed E-state index contributed by atoms with van der Waals surface area (Å²) in [5.41, 5.74) is 1.72. The van der Waals surface area contributed by atoms with Crippen molar-refractivity contribution in [1.82, 2.24) is 9.88 Å². The normalized spacial score (nSPS) is 21.6. The van der Waals surface area contributed by atoms with Crippen LogP contribution in [-0.4, -0.2) is 67.9 Å². The molecule has 1 aromatic carbocycles. The van der Waals surface area contributed by atoms with Crippen LogP contribution < -0.4 is 10.2 Å². The largest absolute Gasteiger partial charge is 0.369 e. The van der Waals surface area contributed by atoms with E-state index >= 15 is 0 Å². The molecule has 154 valence electrons. The minimum absolute atomic E-state index is 0.0331. The van der Waals surface area contributed by atoms with Gasteiger partial charge in [0, 0.05) is 44.1 Å². The van der Waals surface area contributed by atoms with E-state index in [2.05, 4.69) is 39.5 Å². The van der Waals surface area contributed by atoms with E-state index in [4.69, 9.17) is 0 Å². The van der Waals surface area contributed by atoms with Crippen molar-refractivity contribution in [3.63, 3.8) is 0 Å². The van der Waals surface area contributed by atoms with Gasteiger partial charge in [0.25, 0.3) is 5.91 Å². The number of piperidine rings is 1. The van der Waals surface area contributed by atoms with Gasteiger partial charge in [0.2, 0.25) is 0 Å². The molecule has 2 aliphatic rings. The number of carbonyl (C=O) groups is 1. The molecule has 1 amide bonds. The zero-order valence-electron chi connectivity index (χ0n) is 16.3. The Hall–Kier alpha value is -2.61.